The first-order valence-corrected chi connectivity index (χ1v) is 6.09. The molecular formula is C9H13BrN2OS. The fourth-order valence-electron chi connectivity index (χ4n) is 1.12. The summed E-state index contributed by atoms with van der Waals surface area (Å²) in [4.78, 5) is 12.2. The maximum atomic E-state index is 11.2. The summed E-state index contributed by atoms with van der Waals surface area (Å²) < 4.78 is 0.940. The van der Waals surface area contributed by atoms with Gasteiger partial charge in [-0.25, -0.2) is 0 Å². The van der Waals surface area contributed by atoms with Crippen molar-refractivity contribution in [2.24, 2.45) is 5.73 Å². The quantitative estimate of drug-likeness (QED) is 0.865. The average molecular weight is 277 g/mol. The number of amides is 1. The maximum Gasteiger partial charge on any atom is 0.240 e. The Morgan fingerprint density at radius 3 is 2.93 bits per heavy atom. The standard InChI is InChI=1S/C9H13BrN2OS/c1-2-4-12-7(9(11)13)8-6(10)3-5-14-8/h3,5,7,12H,2,4H2,1H3,(H2,11,13). The van der Waals surface area contributed by atoms with E-state index in [2.05, 4.69) is 28.2 Å². The number of carbonyl (C=O) groups excluding carboxylic acids is 1. The van der Waals surface area contributed by atoms with Gasteiger partial charge < -0.3 is 11.1 Å². The van der Waals surface area contributed by atoms with Crippen LogP contribution in [0.2, 0.25) is 0 Å². The van der Waals surface area contributed by atoms with E-state index in [1.54, 1.807) is 0 Å². The lowest BCUT2D eigenvalue weighted by atomic mass is 10.2. The van der Waals surface area contributed by atoms with Gasteiger partial charge in [-0.15, -0.1) is 11.3 Å². The zero-order valence-electron chi connectivity index (χ0n) is 7.92. The molecule has 1 atom stereocenters. The SMILES string of the molecule is CCCNC(C(N)=O)c1sccc1Br. The molecule has 78 valence electrons. The number of hydrogen-bond donors (Lipinski definition) is 2. The number of rotatable bonds is 5. The van der Waals surface area contributed by atoms with Gasteiger partial charge in [0.2, 0.25) is 5.91 Å². The molecule has 1 unspecified atom stereocenters. The van der Waals surface area contributed by atoms with Crippen molar-refractivity contribution in [3.05, 3.63) is 20.8 Å². The van der Waals surface area contributed by atoms with Crippen LogP contribution in [0.1, 0.15) is 24.3 Å². The van der Waals surface area contributed by atoms with Crippen LogP contribution in [0, 0.1) is 0 Å². The summed E-state index contributed by atoms with van der Waals surface area (Å²) in [7, 11) is 0. The smallest absolute Gasteiger partial charge is 0.240 e. The fourth-order valence-corrected chi connectivity index (χ4v) is 2.81. The number of nitrogens with two attached hydrogens (primary N) is 1. The molecule has 0 radical (unpaired) electrons. The molecule has 0 aliphatic carbocycles. The zero-order chi connectivity index (χ0) is 10.6. The van der Waals surface area contributed by atoms with Crippen molar-refractivity contribution in [1.29, 1.82) is 0 Å². The second-order valence-corrected chi connectivity index (χ2v) is 4.72. The minimum Gasteiger partial charge on any atom is -0.368 e. The van der Waals surface area contributed by atoms with Crippen LogP contribution in [0.25, 0.3) is 0 Å². The highest BCUT2D eigenvalue weighted by Crippen LogP contribution is 2.28. The van der Waals surface area contributed by atoms with Crippen LogP contribution in [0.15, 0.2) is 15.9 Å². The largest absolute Gasteiger partial charge is 0.368 e. The van der Waals surface area contributed by atoms with Crippen LogP contribution in [0.4, 0.5) is 0 Å². The first-order valence-electron chi connectivity index (χ1n) is 4.42. The Morgan fingerprint density at radius 1 is 1.79 bits per heavy atom. The van der Waals surface area contributed by atoms with Gasteiger partial charge in [-0.05, 0) is 40.3 Å². The molecule has 0 saturated heterocycles. The highest BCUT2D eigenvalue weighted by Gasteiger charge is 2.20. The topological polar surface area (TPSA) is 55.1 Å². The third-order valence-electron chi connectivity index (χ3n) is 1.79. The molecule has 1 heterocycles. The molecule has 3 nitrogen and oxygen atoms in total. The molecular weight excluding hydrogens is 264 g/mol. The Morgan fingerprint density at radius 2 is 2.50 bits per heavy atom. The second-order valence-electron chi connectivity index (χ2n) is 2.92. The summed E-state index contributed by atoms with van der Waals surface area (Å²) in [5.41, 5.74) is 5.32. The number of hydrogen-bond acceptors (Lipinski definition) is 3. The van der Waals surface area contributed by atoms with Crippen LogP contribution in [0.5, 0.6) is 0 Å². The van der Waals surface area contributed by atoms with Gasteiger partial charge in [-0.3, -0.25) is 4.79 Å². The third-order valence-corrected chi connectivity index (χ3v) is 3.73. The summed E-state index contributed by atoms with van der Waals surface area (Å²) >= 11 is 4.92. The van der Waals surface area contributed by atoms with Crippen LogP contribution < -0.4 is 11.1 Å². The Balaban J connectivity index is 2.78. The number of carbonyl (C=O) groups is 1. The molecule has 0 aromatic carbocycles. The summed E-state index contributed by atoms with van der Waals surface area (Å²) in [6.07, 6.45) is 0.979. The van der Waals surface area contributed by atoms with E-state index in [-0.39, 0.29) is 11.9 Å². The Bertz CT molecular complexity index is 314. The number of nitrogens with one attached hydrogen (secondary N) is 1. The predicted octanol–water partition coefficient (Wildman–Crippen LogP) is 2.04. The van der Waals surface area contributed by atoms with Crippen molar-refractivity contribution in [2.45, 2.75) is 19.4 Å². The number of thiophene rings is 1. The Labute approximate surface area is 95.8 Å². The molecule has 0 fully saturated rings. The van der Waals surface area contributed by atoms with E-state index in [0.29, 0.717) is 0 Å². The molecule has 0 aliphatic rings. The van der Waals surface area contributed by atoms with E-state index < -0.39 is 0 Å². The molecule has 14 heavy (non-hydrogen) atoms. The molecule has 3 N–H and O–H groups in total. The van der Waals surface area contributed by atoms with Gasteiger partial charge in [-0.2, -0.15) is 0 Å². The highest BCUT2D eigenvalue weighted by molar-refractivity contribution is 9.10. The fraction of sp³-hybridized carbons (Fsp3) is 0.444. The number of halogens is 1. The summed E-state index contributed by atoms with van der Waals surface area (Å²) in [6, 6.07) is 1.55. The van der Waals surface area contributed by atoms with Gasteiger partial charge in [0.25, 0.3) is 0 Å². The molecule has 1 aromatic rings. The lowest BCUT2D eigenvalue weighted by Crippen LogP contribution is -2.33. The van der Waals surface area contributed by atoms with Crippen molar-refractivity contribution < 1.29 is 4.79 Å². The minimum absolute atomic E-state index is 0.332. The lowest BCUT2D eigenvalue weighted by Gasteiger charge is -2.13. The van der Waals surface area contributed by atoms with Crippen LogP contribution in [0.3, 0.4) is 0 Å². The monoisotopic (exact) mass is 276 g/mol. The maximum absolute atomic E-state index is 11.2. The first kappa shape index (κ1) is 11.7. The first-order chi connectivity index (χ1) is 6.66. The van der Waals surface area contributed by atoms with Gasteiger partial charge in [0.15, 0.2) is 0 Å². The molecule has 1 rings (SSSR count). The van der Waals surface area contributed by atoms with Gasteiger partial charge in [-0.1, -0.05) is 6.92 Å². The third kappa shape index (κ3) is 2.80. The molecule has 1 amide bonds. The molecule has 0 spiro atoms. The van der Waals surface area contributed by atoms with E-state index >= 15 is 0 Å². The van der Waals surface area contributed by atoms with Crippen molar-refractivity contribution in [3.63, 3.8) is 0 Å². The van der Waals surface area contributed by atoms with Gasteiger partial charge in [0.05, 0.1) is 0 Å². The van der Waals surface area contributed by atoms with E-state index in [9.17, 15) is 4.79 Å². The van der Waals surface area contributed by atoms with Crippen molar-refractivity contribution in [2.75, 3.05) is 6.54 Å². The van der Waals surface area contributed by atoms with Crippen LogP contribution >= 0.6 is 27.3 Å². The average Bonchev–Trinajstić information content (AvgIpc) is 2.52. The van der Waals surface area contributed by atoms with Gasteiger partial charge >= 0.3 is 0 Å². The van der Waals surface area contributed by atoms with E-state index in [4.69, 9.17) is 5.73 Å². The highest BCUT2D eigenvalue weighted by atomic mass is 79.9. The predicted molar refractivity (Wildman–Crippen MR) is 62.2 cm³/mol. The molecule has 0 saturated carbocycles. The minimum atomic E-state index is -0.371. The van der Waals surface area contributed by atoms with Crippen LogP contribution in [-0.4, -0.2) is 12.5 Å². The Hall–Kier alpha value is -0.390. The van der Waals surface area contributed by atoms with Gasteiger partial charge in [0, 0.05) is 9.35 Å². The summed E-state index contributed by atoms with van der Waals surface area (Å²) in [5.74, 6) is -0.332. The molecule has 0 bridgehead atoms. The lowest BCUT2D eigenvalue weighted by molar-refractivity contribution is -0.120. The summed E-state index contributed by atoms with van der Waals surface area (Å²) in [6.45, 7) is 2.84. The molecule has 5 heteroatoms. The van der Waals surface area contributed by atoms with Crippen molar-refractivity contribution in [1.82, 2.24) is 5.32 Å². The number of primary amides is 1. The Kier molecular flexibility index (Phi) is 4.57. The normalized spacial score (nSPS) is 12.7. The van der Waals surface area contributed by atoms with Crippen molar-refractivity contribution >= 4 is 33.2 Å². The van der Waals surface area contributed by atoms with Gasteiger partial charge in [0.1, 0.15) is 6.04 Å². The van der Waals surface area contributed by atoms with E-state index in [0.717, 1.165) is 22.3 Å². The zero-order valence-corrected chi connectivity index (χ0v) is 10.3. The van der Waals surface area contributed by atoms with Crippen molar-refractivity contribution in [3.8, 4) is 0 Å². The van der Waals surface area contributed by atoms with Crippen LogP contribution in [-0.2, 0) is 4.79 Å². The molecule has 0 aliphatic heterocycles. The second kappa shape index (κ2) is 5.48. The van der Waals surface area contributed by atoms with E-state index in [1.165, 1.54) is 11.3 Å². The molecule has 1 aromatic heterocycles. The summed E-state index contributed by atoms with van der Waals surface area (Å²) in [5, 5.41) is 5.05. The van der Waals surface area contributed by atoms with E-state index in [1.807, 2.05) is 11.4 Å².